The molecule has 0 aliphatic carbocycles. The lowest BCUT2D eigenvalue weighted by Crippen LogP contribution is -2.39. The van der Waals surface area contributed by atoms with Crippen LogP contribution in [0.2, 0.25) is 0 Å². The van der Waals surface area contributed by atoms with E-state index in [1.165, 1.54) is 29.5 Å². The Morgan fingerprint density at radius 3 is 3.05 bits per heavy atom. The van der Waals surface area contributed by atoms with E-state index in [1.54, 1.807) is 0 Å². The number of nitrogens with one attached hydrogen (secondary N) is 2. The van der Waals surface area contributed by atoms with Gasteiger partial charge in [0, 0.05) is 37.0 Å². The monoisotopic (exact) mass is 314 g/mol. The lowest BCUT2D eigenvalue weighted by molar-refractivity contribution is 0.726. The van der Waals surface area contributed by atoms with Gasteiger partial charge in [0.2, 0.25) is 0 Å². The molecular formula is C17H22N4S. The van der Waals surface area contributed by atoms with Crippen molar-refractivity contribution in [1.82, 2.24) is 15.6 Å². The zero-order chi connectivity index (χ0) is 15.2. The second-order valence-electron chi connectivity index (χ2n) is 5.43. The summed E-state index contributed by atoms with van der Waals surface area (Å²) in [6.45, 7) is 1.71. The normalized spacial score (nSPS) is 18.6. The predicted octanol–water partition coefficient (Wildman–Crippen LogP) is 2.80. The minimum absolute atomic E-state index is 0.720. The van der Waals surface area contributed by atoms with Crippen molar-refractivity contribution in [2.45, 2.75) is 24.6 Å². The summed E-state index contributed by atoms with van der Waals surface area (Å²) in [5.41, 5.74) is 2.25. The van der Waals surface area contributed by atoms with Crippen molar-refractivity contribution in [2.24, 2.45) is 4.99 Å². The molecule has 1 atom stereocenters. The molecule has 0 bridgehead atoms. The maximum absolute atomic E-state index is 4.49. The molecule has 0 spiro atoms. The van der Waals surface area contributed by atoms with Gasteiger partial charge in [0.1, 0.15) is 0 Å². The Bertz CT molecular complexity index is 645. The maximum Gasteiger partial charge on any atom is 0.191 e. The zero-order valence-corrected chi connectivity index (χ0v) is 13.7. The Hall–Kier alpha value is -1.75. The van der Waals surface area contributed by atoms with Gasteiger partial charge in [-0.1, -0.05) is 24.3 Å². The summed E-state index contributed by atoms with van der Waals surface area (Å²) in [7, 11) is 1.82. The standard InChI is InChI=1S/C17H22N4S/c1-18-17(21-12-15-8-4-10-22-15)20-11-14-6-2-5-13-7-3-9-19-16(13)14/h2-3,5-7,9,15H,4,8,10-12H2,1H3,(H2,18,20,21). The molecule has 0 radical (unpaired) electrons. The first kappa shape index (κ1) is 15.2. The molecule has 4 nitrogen and oxygen atoms in total. The van der Waals surface area contributed by atoms with Gasteiger partial charge >= 0.3 is 0 Å². The molecule has 1 fully saturated rings. The summed E-state index contributed by atoms with van der Waals surface area (Å²) in [6.07, 6.45) is 4.49. The van der Waals surface area contributed by atoms with Crippen LogP contribution < -0.4 is 10.6 Å². The van der Waals surface area contributed by atoms with E-state index >= 15 is 0 Å². The molecule has 3 rings (SSSR count). The van der Waals surface area contributed by atoms with Crippen molar-refractivity contribution in [2.75, 3.05) is 19.3 Å². The van der Waals surface area contributed by atoms with E-state index in [-0.39, 0.29) is 0 Å². The van der Waals surface area contributed by atoms with Gasteiger partial charge in [-0.2, -0.15) is 11.8 Å². The molecule has 2 N–H and O–H groups in total. The first-order valence-electron chi connectivity index (χ1n) is 7.75. The van der Waals surface area contributed by atoms with Crippen molar-refractivity contribution in [1.29, 1.82) is 0 Å². The van der Waals surface area contributed by atoms with Crippen LogP contribution in [-0.2, 0) is 6.54 Å². The molecule has 1 aliphatic rings. The van der Waals surface area contributed by atoms with E-state index in [4.69, 9.17) is 0 Å². The van der Waals surface area contributed by atoms with E-state index in [9.17, 15) is 0 Å². The number of rotatable bonds is 4. The highest BCUT2D eigenvalue weighted by molar-refractivity contribution is 8.00. The van der Waals surface area contributed by atoms with Crippen molar-refractivity contribution >= 4 is 28.6 Å². The van der Waals surface area contributed by atoms with E-state index < -0.39 is 0 Å². The van der Waals surface area contributed by atoms with Gasteiger partial charge in [-0.25, -0.2) is 0 Å². The molecule has 22 heavy (non-hydrogen) atoms. The Balaban J connectivity index is 1.59. The van der Waals surface area contributed by atoms with Gasteiger partial charge in [0.25, 0.3) is 0 Å². The fourth-order valence-electron chi connectivity index (χ4n) is 2.73. The number of aliphatic imine (C=N–C) groups is 1. The highest BCUT2D eigenvalue weighted by Gasteiger charge is 2.15. The molecule has 1 aliphatic heterocycles. The summed E-state index contributed by atoms with van der Waals surface area (Å²) in [5, 5.41) is 8.71. The average molecular weight is 314 g/mol. The molecule has 0 saturated carbocycles. The van der Waals surface area contributed by atoms with Crippen LogP contribution in [0.15, 0.2) is 41.5 Å². The Labute approximate surface area is 135 Å². The fourth-order valence-corrected chi connectivity index (χ4v) is 3.93. The number of aromatic nitrogens is 1. The fraction of sp³-hybridized carbons (Fsp3) is 0.412. The van der Waals surface area contributed by atoms with Gasteiger partial charge < -0.3 is 10.6 Å². The number of thioether (sulfide) groups is 1. The number of pyridine rings is 1. The highest BCUT2D eigenvalue weighted by atomic mass is 32.2. The summed E-state index contributed by atoms with van der Waals surface area (Å²) < 4.78 is 0. The summed E-state index contributed by atoms with van der Waals surface area (Å²) in [4.78, 5) is 8.80. The number of para-hydroxylation sites is 1. The van der Waals surface area contributed by atoms with Crippen LogP contribution in [-0.4, -0.2) is 35.5 Å². The highest BCUT2D eigenvalue weighted by Crippen LogP contribution is 2.25. The lowest BCUT2D eigenvalue weighted by atomic mass is 10.1. The van der Waals surface area contributed by atoms with Gasteiger partial charge in [-0.05, 0) is 30.2 Å². The second kappa shape index (κ2) is 7.49. The molecule has 1 unspecified atom stereocenters. The number of nitrogens with zero attached hydrogens (tertiary/aromatic N) is 2. The third-order valence-corrected chi connectivity index (χ3v) is 5.31. The molecular weight excluding hydrogens is 292 g/mol. The molecule has 2 aromatic rings. The second-order valence-corrected chi connectivity index (χ2v) is 6.84. The largest absolute Gasteiger partial charge is 0.355 e. The number of hydrogen-bond acceptors (Lipinski definition) is 3. The third kappa shape index (κ3) is 3.71. The number of hydrogen-bond donors (Lipinski definition) is 2. The van der Waals surface area contributed by atoms with Gasteiger partial charge in [-0.15, -0.1) is 0 Å². The van der Waals surface area contributed by atoms with Crippen LogP contribution in [0, 0.1) is 0 Å². The van der Waals surface area contributed by atoms with Crippen LogP contribution in [0.1, 0.15) is 18.4 Å². The van der Waals surface area contributed by atoms with Crippen molar-refractivity contribution < 1.29 is 0 Å². The van der Waals surface area contributed by atoms with Gasteiger partial charge in [0.05, 0.1) is 5.52 Å². The number of guanidine groups is 1. The molecule has 116 valence electrons. The quantitative estimate of drug-likeness (QED) is 0.673. The topological polar surface area (TPSA) is 49.3 Å². The van der Waals surface area contributed by atoms with Crippen LogP contribution in [0.25, 0.3) is 10.9 Å². The minimum atomic E-state index is 0.720. The van der Waals surface area contributed by atoms with Crippen LogP contribution in [0.5, 0.6) is 0 Å². The first-order valence-corrected chi connectivity index (χ1v) is 8.80. The van der Waals surface area contributed by atoms with Crippen LogP contribution in [0.3, 0.4) is 0 Å². The third-order valence-electron chi connectivity index (χ3n) is 3.91. The van der Waals surface area contributed by atoms with E-state index in [2.05, 4.69) is 56.6 Å². The van der Waals surface area contributed by atoms with Crippen LogP contribution >= 0.6 is 11.8 Å². The Kier molecular flexibility index (Phi) is 5.16. The summed E-state index contributed by atoms with van der Waals surface area (Å²) in [5.74, 6) is 2.15. The Morgan fingerprint density at radius 2 is 2.23 bits per heavy atom. The van der Waals surface area contributed by atoms with Crippen molar-refractivity contribution in [3.8, 4) is 0 Å². The summed E-state index contributed by atoms with van der Waals surface area (Å²) >= 11 is 2.06. The Morgan fingerprint density at radius 1 is 1.32 bits per heavy atom. The number of fused-ring (bicyclic) bond motifs is 1. The van der Waals surface area contributed by atoms with Crippen LogP contribution in [0.4, 0.5) is 0 Å². The molecule has 0 amide bonds. The SMILES string of the molecule is CN=C(NCc1cccc2cccnc12)NCC1CCCS1. The lowest BCUT2D eigenvalue weighted by Gasteiger charge is -2.15. The van der Waals surface area contributed by atoms with Crippen molar-refractivity contribution in [3.05, 3.63) is 42.1 Å². The minimum Gasteiger partial charge on any atom is -0.355 e. The summed E-state index contributed by atoms with van der Waals surface area (Å²) in [6, 6.07) is 10.3. The predicted molar refractivity (Wildman–Crippen MR) is 95.4 cm³/mol. The molecule has 5 heteroatoms. The smallest absolute Gasteiger partial charge is 0.191 e. The van der Waals surface area contributed by atoms with Gasteiger partial charge in [-0.3, -0.25) is 9.98 Å². The maximum atomic E-state index is 4.49. The molecule has 1 aromatic carbocycles. The van der Waals surface area contributed by atoms with Crippen molar-refractivity contribution in [3.63, 3.8) is 0 Å². The average Bonchev–Trinajstić information content (AvgIpc) is 3.08. The van der Waals surface area contributed by atoms with E-state index in [0.717, 1.165) is 29.8 Å². The molecule has 2 heterocycles. The zero-order valence-electron chi connectivity index (χ0n) is 12.9. The van der Waals surface area contributed by atoms with E-state index in [0.29, 0.717) is 0 Å². The van der Waals surface area contributed by atoms with Gasteiger partial charge in [0.15, 0.2) is 5.96 Å². The van der Waals surface area contributed by atoms with E-state index in [1.807, 2.05) is 19.3 Å². The first-order chi connectivity index (χ1) is 10.9. The molecule has 1 saturated heterocycles. The number of benzene rings is 1. The molecule has 1 aromatic heterocycles.